The third kappa shape index (κ3) is 0.986. The van der Waals surface area contributed by atoms with E-state index in [9.17, 15) is 0 Å². The highest BCUT2D eigenvalue weighted by Gasteiger charge is 2.28. The lowest BCUT2D eigenvalue weighted by Gasteiger charge is -2.11. The SMILES string of the molecule is [B]1Oc2cccnc2-c2nccc[n+]21. The van der Waals surface area contributed by atoms with Crippen LogP contribution in [-0.2, 0) is 0 Å². The standard InChI is InChI=1S/C9H6BN3O/c1-3-7-8(11-4-1)9-12-5-2-6-13(9)10-14-7/h1-6H/q+1. The fraction of sp³-hybridized carbons (Fsp3) is 0. The van der Waals surface area contributed by atoms with Crippen LogP contribution in [0.3, 0.4) is 0 Å². The van der Waals surface area contributed by atoms with E-state index in [-0.39, 0.29) is 0 Å². The summed E-state index contributed by atoms with van der Waals surface area (Å²) in [4.78, 5) is 8.48. The van der Waals surface area contributed by atoms with Gasteiger partial charge in [-0.25, -0.2) is 4.98 Å². The second-order valence-electron chi connectivity index (χ2n) is 2.92. The first-order valence-electron chi connectivity index (χ1n) is 4.27. The Morgan fingerprint density at radius 3 is 3.14 bits per heavy atom. The van der Waals surface area contributed by atoms with Crippen LogP contribution in [0.1, 0.15) is 0 Å². The van der Waals surface area contributed by atoms with Gasteiger partial charge in [-0.3, -0.25) is 4.48 Å². The summed E-state index contributed by atoms with van der Waals surface area (Å²) in [5.41, 5.74) is 0.774. The van der Waals surface area contributed by atoms with Crippen LogP contribution in [0.4, 0.5) is 0 Å². The van der Waals surface area contributed by atoms with Gasteiger partial charge in [0.05, 0.1) is 6.20 Å². The minimum absolute atomic E-state index is 0.742. The summed E-state index contributed by atoms with van der Waals surface area (Å²) in [6.45, 7) is 0. The highest BCUT2D eigenvalue weighted by molar-refractivity contribution is 6.18. The Labute approximate surface area is 81.5 Å². The first-order valence-corrected chi connectivity index (χ1v) is 4.27. The van der Waals surface area contributed by atoms with Crippen molar-refractivity contribution in [2.24, 2.45) is 0 Å². The molecule has 0 N–H and O–H groups in total. The molecule has 4 nitrogen and oxygen atoms in total. The van der Waals surface area contributed by atoms with Crippen molar-refractivity contribution >= 4 is 7.62 Å². The van der Waals surface area contributed by atoms with E-state index in [2.05, 4.69) is 9.97 Å². The van der Waals surface area contributed by atoms with Crippen molar-refractivity contribution in [2.75, 3.05) is 0 Å². The largest absolute Gasteiger partial charge is 0.680 e. The molecule has 0 saturated heterocycles. The Hall–Kier alpha value is -1.91. The van der Waals surface area contributed by atoms with Crippen molar-refractivity contribution < 1.29 is 9.13 Å². The van der Waals surface area contributed by atoms with E-state index in [1.165, 1.54) is 0 Å². The van der Waals surface area contributed by atoms with E-state index >= 15 is 0 Å². The average Bonchev–Trinajstić information content (AvgIpc) is 2.29. The number of hydrogen-bond donors (Lipinski definition) is 0. The van der Waals surface area contributed by atoms with Crippen molar-refractivity contribution in [1.82, 2.24) is 9.97 Å². The Morgan fingerprint density at radius 2 is 2.14 bits per heavy atom. The maximum atomic E-state index is 5.39. The van der Waals surface area contributed by atoms with Gasteiger partial charge in [0.1, 0.15) is 11.9 Å². The molecular weight excluding hydrogens is 177 g/mol. The molecule has 0 saturated carbocycles. The molecule has 3 heterocycles. The fourth-order valence-electron chi connectivity index (χ4n) is 1.42. The van der Waals surface area contributed by atoms with Gasteiger partial charge >= 0.3 is 13.4 Å². The Balaban J connectivity index is 2.29. The Morgan fingerprint density at radius 1 is 1.21 bits per heavy atom. The third-order valence-electron chi connectivity index (χ3n) is 2.05. The minimum atomic E-state index is 0.742. The molecule has 14 heavy (non-hydrogen) atoms. The normalized spacial score (nSPS) is 12.0. The molecule has 2 aromatic heterocycles. The highest BCUT2D eigenvalue weighted by atomic mass is 16.4. The van der Waals surface area contributed by atoms with Crippen LogP contribution >= 0.6 is 0 Å². The monoisotopic (exact) mass is 183 g/mol. The molecule has 1 aliphatic heterocycles. The summed E-state index contributed by atoms with van der Waals surface area (Å²) in [5, 5.41) is 0. The quantitative estimate of drug-likeness (QED) is 0.547. The lowest BCUT2D eigenvalue weighted by atomic mass is 10.1. The predicted octanol–water partition coefficient (Wildman–Crippen LogP) is 0.206. The molecule has 0 fully saturated rings. The predicted molar refractivity (Wildman–Crippen MR) is 49.4 cm³/mol. The molecule has 3 rings (SSSR count). The van der Waals surface area contributed by atoms with Gasteiger partial charge in [0.25, 0.3) is 0 Å². The number of fused-ring (bicyclic) bond motifs is 3. The van der Waals surface area contributed by atoms with E-state index in [0.29, 0.717) is 0 Å². The highest BCUT2D eigenvalue weighted by Crippen LogP contribution is 2.24. The van der Waals surface area contributed by atoms with Gasteiger partial charge < -0.3 is 4.65 Å². The summed E-state index contributed by atoms with van der Waals surface area (Å²) >= 11 is 0. The number of pyridine rings is 1. The second kappa shape index (κ2) is 2.80. The molecule has 0 aliphatic carbocycles. The molecule has 0 aromatic carbocycles. The summed E-state index contributed by atoms with van der Waals surface area (Å²) in [5.74, 6) is 1.54. The Bertz CT molecular complexity index is 443. The summed E-state index contributed by atoms with van der Waals surface area (Å²) in [7, 11) is 1.62. The lowest BCUT2D eigenvalue weighted by Crippen LogP contribution is -2.48. The molecular formula is C9H6BN3O+. The topological polar surface area (TPSA) is 38.9 Å². The number of nitrogens with zero attached hydrogens (tertiary/aromatic N) is 3. The zero-order chi connectivity index (χ0) is 9.38. The van der Waals surface area contributed by atoms with Crippen LogP contribution < -0.4 is 9.13 Å². The van der Waals surface area contributed by atoms with Crippen LogP contribution in [0.2, 0.25) is 0 Å². The number of rotatable bonds is 0. The van der Waals surface area contributed by atoms with E-state index in [1.54, 1.807) is 24.5 Å². The molecule has 1 radical (unpaired) electrons. The fourth-order valence-corrected chi connectivity index (χ4v) is 1.42. The second-order valence-corrected chi connectivity index (χ2v) is 2.92. The van der Waals surface area contributed by atoms with E-state index in [4.69, 9.17) is 4.65 Å². The summed E-state index contributed by atoms with van der Waals surface area (Å²) in [6.07, 6.45) is 5.34. The van der Waals surface area contributed by atoms with Crippen LogP contribution in [0.15, 0.2) is 36.8 Å². The smallest absolute Gasteiger partial charge is 0.520 e. The molecule has 0 bridgehead atoms. The molecule has 5 heteroatoms. The summed E-state index contributed by atoms with van der Waals surface area (Å²) < 4.78 is 7.19. The minimum Gasteiger partial charge on any atom is -0.520 e. The number of hydrogen-bond acceptors (Lipinski definition) is 3. The zero-order valence-corrected chi connectivity index (χ0v) is 7.29. The van der Waals surface area contributed by atoms with Gasteiger partial charge in [0.15, 0.2) is 5.69 Å². The van der Waals surface area contributed by atoms with Crippen molar-refractivity contribution in [3.63, 3.8) is 0 Å². The molecule has 2 aromatic rings. The van der Waals surface area contributed by atoms with Gasteiger partial charge in [-0.2, -0.15) is 0 Å². The van der Waals surface area contributed by atoms with Gasteiger partial charge in [-0.15, -0.1) is 0 Å². The van der Waals surface area contributed by atoms with Crippen LogP contribution in [0, 0.1) is 0 Å². The first-order chi connectivity index (χ1) is 6.95. The van der Waals surface area contributed by atoms with E-state index < -0.39 is 0 Å². The van der Waals surface area contributed by atoms with Gasteiger partial charge in [0, 0.05) is 12.3 Å². The zero-order valence-electron chi connectivity index (χ0n) is 7.29. The first kappa shape index (κ1) is 7.49. The van der Waals surface area contributed by atoms with Crippen LogP contribution in [0.5, 0.6) is 5.75 Å². The van der Waals surface area contributed by atoms with Crippen molar-refractivity contribution in [2.45, 2.75) is 0 Å². The van der Waals surface area contributed by atoms with Crippen molar-refractivity contribution in [3.8, 4) is 17.3 Å². The molecule has 0 atom stereocenters. The van der Waals surface area contributed by atoms with E-state index in [1.807, 2.05) is 24.4 Å². The molecule has 0 spiro atoms. The average molecular weight is 183 g/mol. The third-order valence-corrected chi connectivity index (χ3v) is 2.05. The summed E-state index contributed by atoms with van der Waals surface area (Å²) in [6, 6.07) is 5.56. The van der Waals surface area contributed by atoms with Gasteiger partial charge in [-0.1, -0.05) is 0 Å². The van der Waals surface area contributed by atoms with Gasteiger partial charge in [-0.05, 0) is 17.1 Å². The van der Waals surface area contributed by atoms with E-state index in [0.717, 1.165) is 17.3 Å². The lowest BCUT2D eigenvalue weighted by molar-refractivity contribution is -0.531. The maximum absolute atomic E-state index is 5.39. The van der Waals surface area contributed by atoms with Crippen LogP contribution in [0.25, 0.3) is 11.5 Å². The molecule has 1 aliphatic rings. The van der Waals surface area contributed by atoms with Crippen LogP contribution in [-0.4, -0.2) is 17.6 Å². The molecule has 0 unspecified atom stereocenters. The van der Waals surface area contributed by atoms with Crippen molar-refractivity contribution in [1.29, 1.82) is 0 Å². The van der Waals surface area contributed by atoms with Gasteiger partial charge in [0.2, 0.25) is 0 Å². The molecule has 0 amide bonds. The maximum Gasteiger partial charge on any atom is 0.680 e. The number of aromatic nitrogens is 3. The van der Waals surface area contributed by atoms with Crippen molar-refractivity contribution in [3.05, 3.63) is 36.8 Å². The molecule has 65 valence electrons. The Kier molecular flexibility index (Phi) is 1.50.